The van der Waals surface area contributed by atoms with Crippen molar-refractivity contribution in [2.24, 2.45) is 5.10 Å². The number of phenolic OH excluding ortho intramolecular Hbond substituents is 1. The van der Waals surface area contributed by atoms with Crippen LogP contribution in [0.2, 0.25) is 0 Å². The SMILES string of the molecule is O=C(N/N=C/c1ccccc1O)c1ccccc1NS(=O)(=O)c1cccs1. The third-order valence-corrected chi connectivity index (χ3v) is 6.25. The van der Waals surface area contributed by atoms with Crippen LogP contribution in [0.4, 0.5) is 5.69 Å². The van der Waals surface area contributed by atoms with Crippen molar-refractivity contribution in [1.82, 2.24) is 5.43 Å². The number of hydrogen-bond donors (Lipinski definition) is 3. The molecule has 3 rings (SSSR count). The maximum atomic E-state index is 12.4. The standard InChI is InChI=1S/C18H15N3O4S2/c22-16-9-4-1-6-13(16)12-19-20-18(23)14-7-2-3-8-15(14)21-27(24,25)17-10-5-11-26-17/h1-12,21-22H,(H,20,23)/b19-12+. The lowest BCUT2D eigenvalue weighted by molar-refractivity contribution is 0.0956. The van der Waals surface area contributed by atoms with E-state index in [1.807, 2.05) is 0 Å². The monoisotopic (exact) mass is 401 g/mol. The summed E-state index contributed by atoms with van der Waals surface area (Å²) in [6.07, 6.45) is 1.30. The van der Waals surface area contributed by atoms with Crippen LogP contribution in [0.25, 0.3) is 0 Å². The summed E-state index contributed by atoms with van der Waals surface area (Å²) in [7, 11) is -3.78. The predicted molar refractivity (Wildman–Crippen MR) is 105 cm³/mol. The van der Waals surface area contributed by atoms with Crippen LogP contribution in [-0.4, -0.2) is 25.6 Å². The highest BCUT2D eigenvalue weighted by Gasteiger charge is 2.19. The highest BCUT2D eigenvalue weighted by molar-refractivity contribution is 7.94. The molecule has 0 aliphatic carbocycles. The number of para-hydroxylation sites is 2. The molecule has 9 heteroatoms. The van der Waals surface area contributed by atoms with Gasteiger partial charge in [0, 0.05) is 5.56 Å². The fourth-order valence-electron chi connectivity index (χ4n) is 2.20. The van der Waals surface area contributed by atoms with Gasteiger partial charge in [-0.1, -0.05) is 30.3 Å². The number of carbonyl (C=O) groups is 1. The molecule has 0 unspecified atom stereocenters. The lowest BCUT2D eigenvalue weighted by atomic mass is 10.2. The maximum Gasteiger partial charge on any atom is 0.273 e. The number of nitrogens with one attached hydrogen (secondary N) is 2. The van der Waals surface area contributed by atoms with Gasteiger partial charge in [-0.05, 0) is 35.7 Å². The average molecular weight is 401 g/mol. The van der Waals surface area contributed by atoms with Gasteiger partial charge < -0.3 is 5.11 Å². The summed E-state index contributed by atoms with van der Waals surface area (Å²) < 4.78 is 27.3. The Kier molecular flexibility index (Phi) is 5.53. The first kappa shape index (κ1) is 18.6. The summed E-state index contributed by atoms with van der Waals surface area (Å²) in [6.45, 7) is 0. The highest BCUT2D eigenvalue weighted by atomic mass is 32.2. The molecule has 27 heavy (non-hydrogen) atoms. The third-order valence-electron chi connectivity index (χ3n) is 3.48. The number of thiophene rings is 1. The Bertz CT molecular complexity index is 1080. The molecule has 0 atom stereocenters. The van der Waals surface area contributed by atoms with E-state index in [1.54, 1.807) is 41.8 Å². The van der Waals surface area contributed by atoms with Crippen molar-refractivity contribution in [2.75, 3.05) is 4.72 Å². The van der Waals surface area contributed by atoms with Crippen molar-refractivity contribution in [3.05, 3.63) is 77.2 Å². The third kappa shape index (κ3) is 4.52. The Balaban J connectivity index is 1.77. The van der Waals surface area contributed by atoms with E-state index >= 15 is 0 Å². The number of hydrazone groups is 1. The molecule has 3 N–H and O–H groups in total. The average Bonchev–Trinajstić information content (AvgIpc) is 3.19. The molecule has 0 radical (unpaired) electrons. The van der Waals surface area contributed by atoms with Crippen LogP contribution in [0.3, 0.4) is 0 Å². The van der Waals surface area contributed by atoms with E-state index in [2.05, 4.69) is 15.2 Å². The minimum atomic E-state index is -3.78. The number of hydrogen-bond acceptors (Lipinski definition) is 6. The minimum absolute atomic E-state index is 0.0274. The Hall–Kier alpha value is -3.17. The van der Waals surface area contributed by atoms with Gasteiger partial charge >= 0.3 is 0 Å². The van der Waals surface area contributed by atoms with E-state index in [9.17, 15) is 18.3 Å². The first-order valence-electron chi connectivity index (χ1n) is 7.74. The topological polar surface area (TPSA) is 108 Å². The Morgan fingerprint density at radius 3 is 2.52 bits per heavy atom. The van der Waals surface area contributed by atoms with Gasteiger partial charge in [-0.25, -0.2) is 13.8 Å². The lowest BCUT2D eigenvalue weighted by Crippen LogP contribution is -2.21. The van der Waals surface area contributed by atoms with Crippen molar-refractivity contribution in [3.63, 3.8) is 0 Å². The molecule has 0 bridgehead atoms. The zero-order valence-electron chi connectivity index (χ0n) is 13.9. The van der Waals surface area contributed by atoms with Gasteiger partial charge in [0.15, 0.2) is 0 Å². The second-order valence-corrected chi connectivity index (χ2v) is 8.20. The van der Waals surface area contributed by atoms with E-state index in [4.69, 9.17) is 0 Å². The van der Waals surface area contributed by atoms with E-state index < -0.39 is 15.9 Å². The summed E-state index contributed by atoms with van der Waals surface area (Å²) in [5.41, 5.74) is 3.02. The summed E-state index contributed by atoms with van der Waals surface area (Å²) in [5.74, 6) is -0.564. The molecule has 1 heterocycles. The molecule has 3 aromatic rings. The molecule has 0 saturated carbocycles. The molecule has 7 nitrogen and oxygen atoms in total. The number of carbonyl (C=O) groups excluding carboxylic acids is 1. The molecule has 138 valence electrons. The predicted octanol–water partition coefficient (Wildman–Crippen LogP) is 3.02. The Morgan fingerprint density at radius 1 is 1.04 bits per heavy atom. The Labute approximate surface area is 160 Å². The van der Waals surface area contributed by atoms with Crippen LogP contribution in [0.1, 0.15) is 15.9 Å². The summed E-state index contributed by atoms with van der Waals surface area (Å²) in [5, 5.41) is 15.1. The number of nitrogens with zero attached hydrogens (tertiary/aromatic N) is 1. The fraction of sp³-hybridized carbons (Fsp3) is 0. The number of phenols is 1. The highest BCUT2D eigenvalue weighted by Crippen LogP contribution is 2.22. The molecule has 2 aromatic carbocycles. The molecular weight excluding hydrogens is 386 g/mol. The van der Waals surface area contributed by atoms with Gasteiger partial charge in [0.1, 0.15) is 9.96 Å². The van der Waals surface area contributed by atoms with Crippen LogP contribution in [-0.2, 0) is 10.0 Å². The number of anilines is 1. The minimum Gasteiger partial charge on any atom is -0.507 e. The Morgan fingerprint density at radius 2 is 1.78 bits per heavy atom. The van der Waals surface area contributed by atoms with E-state index in [0.717, 1.165) is 11.3 Å². The van der Waals surface area contributed by atoms with Crippen LogP contribution < -0.4 is 10.1 Å². The number of rotatable bonds is 6. The smallest absolute Gasteiger partial charge is 0.273 e. The van der Waals surface area contributed by atoms with E-state index in [1.165, 1.54) is 30.5 Å². The van der Waals surface area contributed by atoms with Crippen LogP contribution >= 0.6 is 11.3 Å². The molecule has 1 aromatic heterocycles. The summed E-state index contributed by atoms with van der Waals surface area (Å²) in [6, 6.07) is 15.8. The van der Waals surface area contributed by atoms with Crippen molar-refractivity contribution >= 4 is 39.2 Å². The van der Waals surface area contributed by atoms with E-state index in [0.29, 0.717) is 5.56 Å². The van der Waals surface area contributed by atoms with E-state index in [-0.39, 0.29) is 21.2 Å². The summed E-state index contributed by atoms with van der Waals surface area (Å²) in [4.78, 5) is 12.4. The molecule has 0 aliphatic heterocycles. The lowest BCUT2D eigenvalue weighted by Gasteiger charge is -2.10. The number of benzene rings is 2. The maximum absolute atomic E-state index is 12.4. The van der Waals surface area contributed by atoms with Crippen molar-refractivity contribution in [2.45, 2.75) is 4.21 Å². The number of amides is 1. The van der Waals surface area contributed by atoms with Gasteiger partial charge in [-0.2, -0.15) is 5.10 Å². The molecule has 1 amide bonds. The normalized spacial score (nSPS) is 11.4. The van der Waals surface area contributed by atoms with Gasteiger partial charge in [0.25, 0.3) is 15.9 Å². The van der Waals surface area contributed by atoms with Crippen molar-refractivity contribution < 1.29 is 18.3 Å². The first-order chi connectivity index (χ1) is 13.0. The molecular formula is C18H15N3O4S2. The first-order valence-corrected chi connectivity index (χ1v) is 10.1. The van der Waals surface area contributed by atoms with Crippen molar-refractivity contribution in [3.8, 4) is 5.75 Å². The van der Waals surface area contributed by atoms with Crippen LogP contribution in [0.5, 0.6) is 5.75 Å². The fourth-order valence-corrected chi connectivity index (χ4v) is 4.27. The second-order valence-electron chi connectivity index (χ2n) is 5.34. The van der Waals surface area contributed by atoms with Gasteiger partial charge in [-0.15, -0.1) is 11.3 Å². The number of sulfonamides is 1. The molecule has 0 spiro atoms. The summed E-state index contributed by atoms with van der Waals surface area (Å²) >= 11 is 1.08. The van der Waals surface area contributed by atoms with Gasteiger partial charge in [-0.3, -0.25) is 9.52 Å². The quantitative estimate of drug-likeness (QED) is 0.436. The largest absolute Gasteiger partial charge is 0.507 e. The van der Waals surface area contributed by atoms with Crippen LogP contribution in [0, 0.1) is 0 Å². The molecule has 0 aliphatic rings. The van der Waals surface area contributed by atoms with Gasteiger partial charge in [0.05, 0.1) is 17.5 Å². The zero-order chi connectivity index (χ0) is 19.3. The zero-order valence-corrected chi connectivity index (χ0v) is 15.5. The molecule has 0 saturated heterocycles. The second kappa shape index (κ2) is 8.02. The number of aromatic hydroxyl groups is 1. The molecule has 0 fully saturated rings. The van der Waals surface area contributed by atoms with Gasteiger partial charge in [0.2, 0.25) is 0 Å². The van der Waals surface area contributed by atoms with Crippen molar-refractivity contribution in [1.29, 1.82) is 0 Å². The van der Waals surface area contributed by atoms with Crippen LogP contribution in [0.15, 0.2) is 75.4 Å².